The van der Waals surface area contributed by atoms with Gasteiger partial charge in [-0.1, -0.05) is 18.6 Å². The highest BCUT2D eigenvalue weighted by Crippen LogP contribution is 2.29. The van der Waals surface area contributed by atoms with Gasteiger partial charge in [-0.3, -0.25) is 4.79 Å². The highest BCUT2D eigenvalue weighted by Gasteiger charge is 2.30. The molecule has 0 saturated carbocycles. The van der Waals surface area contributed by atoms with Gasteiger partial charge >= 0.3 is 6.18 Å². The van der Waals surface area contributed by atoms with Crippen molar-refractivity contribution in [2.45, 2.75) is 37.9 Å². The van der Waals surface area contributed by atoms with Crippen molar-refractivity contribution in [1.82, 2.24) is 5.32 Å². The van der Waals surface area contributed by atoms with Gasteiger partial charge in [-0.05, 0) is 37.1 Å². The number of carbonyl (C=O) groups is 1. The van der Waals surface area contributed by atoms with E-state index in [4.69, 9.17) is 0 Å². The average molecular weight is 271 g/mol. The highest BCUT2D eigenvalue weighted by atomic mass is 19.4. The molecule has 1 atom stereocenters. The fraction of sp³-hybridized carbons (Fsp3) is 0.500. The molecule has 2 nitrogen and oxygen atoms in total. The third kappa shape index (κ3) is 3.80. The van der Waals surface area contributed by atoms with Crippen LogP contribution in [0.25, 0.3) is 0 Å². The minimum atomic E-state index is -4.33. The molecule has 5 heteroatoms. The van der Waals surface area contributed by atoms with Gasteiger partial charge in [0.25, 0.3) is 0 Å². The van der Waals surface area contributed by atoms with Crippen LogP contribution in [0.5, 0.6) is 0 Å². The summed E-state index contributed by atoms with van der Waals surface area (Å²) >= 11 is 0. The first-order valence-corrected chi connectivity index (χ1v) is 6.39. The quantitative estimate of drug-likeness (QED) is 0.915. The second-order valence-electron chi connectivity index (χ2n) is 4.84. The molecule has 0 bridgehead atoms. The molecule has 1 heterocycles. The van der Waals surface area contributed by atoms with E-state index in [1.54, 1.807) is 0 Å². The number of halogens is 3. The van der Waals surface area contributed by atoms with E-state index in [2.05, 4.69) is 5.32 Å². The van der Waals surface area contributed by atoms with Gasteiger partial charge in [-0.15, -0.1) is 0 Å². The molecule has 1 aliphatic heterocycles. The van der Waals surface area contributed by atoms with Crippen LogP contribution < -0.4 is 5.32 Å². The van der Waals surface area contributed by atoms with Gasteiger partial charge in [-0.25, -0.2) is 0 Å². The topological polar surface area (TPSA) is 29.1 Å². The summed E-state index contributed by atoms with van der Waals surface area (Å²) in [5.41, 5.74) is -0.0511. The minimum Gasteiger partial charge on any atom is -0.307 e. The van der Waals surface area contributed by atoms with E-state index in [0.717, 1.165) is 37.9 Å². The van der Waals surface area contributed by atoms with Crippen molar-refractivity contribution < 1.29 is 18.0 Å². The number of nitrogens with one attached hydrogen (secondary N) is 1. The molecule has 1 aromatic carbocycles. The molecular weight excluding hydrogens is 255 g/mol. The summed E-state index contributed by atoms with van der Waals surface area (Å²) in [6, 6.07) is 4.66. The van der Waals surface area contributed by atoms with Crippen molar-refractivity contribution in [3.05, 3.63) is 35.4 Å². The average Bonchev–Trinajstić information content (AvgIpc) is 2.39. The number of hydrogen-bond donors (Lipinski definition) is 1. The third-order valence-electron chi connectivity index (χ3n) is 3.36. The van der Waals surface area contributed by atoms with Crippen LogP contribution in [0.2, 0.25) is 0 Å². The Hall–Kier alpha value is -1.36. The summed E-state index contributed by atoms with van der Waals surface area (Å²) in [7, 11) is 0. The van der Waals surface area contributed by atoms with Crippen LogP contribution >= 0.6 is 0 Å². The molecule has 0 aromatic heterocycles. The van der Waals surface area contributed by atoms with Crippen molar-refractivity contribution in [1.29, 1.82) is 0 Å². The van der Waals surface area contributed by atoms with Crippen molar-refractivity contribution in [3.8, 4) is 0 Å². The van der Waals surface area contributed by atoms with Gasteiger partial charge in [0.15, 0.2) is 5.78 Å². The smallest absolute Gasteiger partial charge is 0.307 e. The predicted octanol–water partition coefficient (Wildman–Crippen LogP) is 2.96. The third-order valence-corrected chi connectivity index (χ3v) is 3.36. The Morgan fingerprint density at radius 3 is 2.42 bits per heavy atom. The van der Waals surface area contributed by atoms with E-state index in [-0.39, 0.29) is 18.2 Å². The van der Waals surface area contributed by atoms with E-state index >= 15 is 0 Å². The molecule has 1 saturated heterocycles. The van der Waals surface area contributed by atoms with Crippen molar-refractivity contribution in [2.75, 3.05) is 6.54 Å². The zero-order valence-electron chi connectivity index (χ0n) is 10.5. The molecule has 0 spiro atoms. The molecule has 2 rings (SSSR count). The van der Waals surface area contributed by atoms with Crippen LogP contribution in [0.4, 0.5) is 13.2 Å². The molecule has 1 aliphatic rings. The Morgan fingerprint density at radius 2 is 1.89 bits per heavy atom. The molecule has 104 valence electrons. The monoisotopic (exact) mass is 271 g/mol. The van der Waals surface area contributed by atoms with Gasteiger partial charge in [-0.2, -0.15) is 13.2 Å². The number of piperidine rings is 1. The van der Waals surface area contributed by atoms with Gasteiger partial charge in [0.05, 0.1) is 11.6 Å². The van der Waals surface area contributed by atoms with Crippen molar-refractivity contribution in [3.63, 3.8) is 0 Å². The summed E-state index contributed by atoms with van der Waals surface area (Å²) in [4.78, 5) is 12.0. The standard InChI is InChI=1S/C14H16F3NO/c15-14(16,17)11-6-4-10(5-7-11)9-13(19)12-3-1-2-8-18-12/h4-7,12,18H,1-3,8-9H2. The van der Waals surface area contributed by atoms with Gasteiger partial charge in [0.2, 0.25) is 0 Å². The fourth-order valence-corrected chi connectivity index (χ4v) is 2.26. The number of alkyl halides is 3. The van der Waals surface area contributed by atoms with Crippen molar-refractivity contribution in [2.24, 2.45) is 0 Å². The number of hydrogen-bond acceptors (Lipinski definition) is 2. The molecular formula is C14H16F3NO. The Labute approximate surface area is 110 Å². The molecule has 0 aliphatic carbocycles. The SMILES string of the molecule is O=C(Cc1ccc(C(F)(F)F)cc1)C1CCCCN1. The molecule has 19 heavy (non-hydrogen) atoms. The molecule has 1 aromatic rings. The maximum absolute atomic E-state index is 12.4. The van der Waals surface area contributed by atoms with E-state index in [0.29, 0.717) is 5.56 Å². The van der Waals surface area contributed by atoms with Crippen LogP contribution in [-0.4, -0.2) is 18.4 Å². The number of rotatable bonds is 3. The molecule has 1 fully saturated rings. The lowest BCUT2D eigenvalue weighted by atomic mass is 9.96. The Kier molecular flexibility index (Phi) is 4.24. The summed E-state index contributed by atoms with van der Waals surface area (Å²) in [6.07, 6.45) is -1.22. The number of benzene rings is 1. The second-order valence-corrected chi connectivity index (χ2v) is 4.84. The summed E-state index contributed by atoms with van der Waals surface area (Å²) in [6.45, 7) is 0.837. The van der Waals surface area contributed by atoms with Crippen molar-refractivity contribution >= 4 is 5.78 Å². The first kappa shape index (κ1) is 14.1. The fourth-order valence-electron chi connectivity index (χ4n) is 2.26. The Balaban J connectivity index is 1.97. The molecule has 1 N–H and O–H groups in total. The van der Waals surface area contributed by atoms with Gasteiger partial charge in [0.1, 0.15) is 0 Å². The predicted molar refractivity (Wildman–Crippen MR) is 65.8 cm³/mol. The normalized spacial score (nSPS) is 20.3. The van der Waals surface area contributed by atoms with Crippen LogP contribution in [-0.2, 0) is 17.4 Å². The van der Waals surface area contributed by atoms with Gasteiger partial charge < -0.3 is 5.32 Å². The lowest BCUT2D eigenvalue weighted by molar-refractivity contribution is -0.137. The summed E-state index contributed by atoms with van der Waals surface area (Å²) in [5, 5.41) is 3.15. The minimum absolute atomic E-state index is 0.0551. The lowest BCUT2D eigenvalue weighted by Gasteiger charge is -2.22. The van der Waals surface area contributed by atoms with Crippen LogP contribution in [0.15, 0.2) is 24.3 Å². The zero-order chi connectivity index (χ0) is 13.9. The maximum Gasteiger partial charge on any atom is 0.416 e. The molecule has 0 radical (unpaired) electrons. The zero-order valence-corrected chi connectivity index (χ0v) is 10.5. The summed E-state index contributed by atoms with van der Waals surface area (Å²) < 4.78 is 37.2. The van der Waals surface area contributed by atoms with Crippen LogP contribution in [0.1, 0.15) is 30.4 Å². The maximum atomic E-state index is 12.4. The first-order valence-electron chi connectivity index (χ1n) is 6.39. The summed E-state index contributed by atoms with van der Waals surface area (Å²) in [5.74, 6) is 0.0551. The lowest BCUT2D eigenvalue weighted by Crippen LogP contribution is -2.41. The largest absolute Gasteiger partial charge is 0.416 e. The second kappa shape index (κ2) is 5.74. The molecule has 1 unspecified atom stereocenters. The number of Topliss-reactive ketones (excluding diaryl/α,β-unsaturated/α-hetero) is 1. The van der Waals surface area contributed by atoms with E-state index < -0.39 is 11.7 Å². The number of carbonyl (C=O) groups excluding carboxylic acids is 1. The van der Waals surface area contributed by atoms with Crippen LogP contribution in [0, 0.1) is 0 Å². The van der Waals surface area contributed by atoms with E-state index in [1.807, 2.05) is 0 Å². The van der Waals surface area contributed by atoms with E-state index in [1.165, 1.54) is 12.1 Å². The Bertz CT molecular complexity index is 433. The molecule has 0 amide bonds. The van der Waals surface area contributed by atoms with Crippen LogP contribution in [0.3, 0.4) is 0 Å². The number of ketones is 1. The first-order chi connectivity index (χ1) is 8.97. The Morgan fingerprint density at radius 1 is 1.21 bits per heavy atom. The highest BCUT2D eigenvalue weighted by molar-refractivity contribution is 5.86. The van der Waals surface area contributed by atoms with Gasteiger partial charge in [0, 0.05) is 6.42 Å². The van der Waals surface area contributed by atoms with E-state index in [9.17, 15) is 18.0 Å².